The van der Waals surface area contributed by atoms with Crippen LogP contribution in [-0.2, 0) is 11.2 Å². The van der Waals surface area contributed by atoms with Crippen molar-refractivity contribution in [3.05, 3.63) is 41.6 Å². The van der Waals surface area contributed by atoms with Crippen LogP contribution in [0.5, 0.6) is 5.75 Å². The maximum atomic E-state index is 11.5. The molecule has 0 radical (unpaired) electrons. The molecule has 0 unspecified atom stereocenters. The van der Waals surface area contributed by atoms with Gasteiger partial charge in [0.2, 0.25) is 5.75 Å². The van der Waals surface area contributed by atoms with Gasteiger partial charge in [0, 0.05) is 36.2 Å². The van der Waals surface area contributed by atoms with Gasteiger partial charge in [-0.1, -0.05) is 18.6 Å². The normalized spacial score (nSPS) is 16.7. The molecule has 0 amide bonds. The second-order valence-corrected chi connectivity index (χ2v) is 12.1. The van der Waals surface area contributed by atoms with Crippen molar-refractivity contribution in [1.29, 1.82) is 0 Å². The fourth-order valence-corrected chi connectivity index (χ4v) is 6.36. The number of aryl methyl sites for hydroxylation is 1. The van der Waals surface area contributed by atoms with Crippen LogP contribution in [0.1, 0.15) is 56.7 Å². The molecular weight excluding hydrogens is 522 g/mol. The van der Waals surface area contributed by atoms with Gasteiger partial charge in [-0.15, -0.1) is 0 Å². The van der Waals surface area contributed by atoms with Gasteiger partial charge in [0.1, 0.15) is 5.78 Å². The van der Waals surface area contributed by atoms with E-state index >= 15 is 0 Å². The Bertz CT molecular complexity index is 1270. The van der Waals surface area contributed by atoms with Gasteiger partial charge in [-0.05, 0) is 101 Å². The molecule has 0 spiro atoms. The number of carbonyl (C=O) groups excluding carboxylic acids is 1. The Kier molecular flexibility index (Phi) is 9.59. The number of likely N-dealkylation sites (tertiary alicyclic amines) is 1. The average Bonchev–Trinajstić information content (AvgIpc) is 3.37. The molecule has 4 heterocycles. The molecule has 2 aliphatic rings. The molecule has 5 rings (SSSR count). The zero-order chi connectivity index (χ0) is 27.9. The van der Waals surface area contributed by atoms with E-state index < -0.39 is 0 Å². The zero-order valence-corrected chi connectivity index (χ0v) is 24.7. The van der Waals surface area contributed by atoms with E-state index in [0.717, 1.165) is 53.8 Å². The topological polar surface area (TPSA) is 99.3 Å². The van der Waals surface area contributed by atoms with E-state index in [2.05, 4.69) is 25.3 Å². The third kappa shape index (κ3) is 7.54. The molecular formula is C30H41N7O2S. The highest BCUT2D eigenvalue weighted by Crippen LogP contribution is 2.39. The number of hydrogen-bond acceptors (Lipinski definition) is 9. The number of piperidine rings is 2. The molecule has 0 aliphatic carbocycles. The van der Waals surface area contributed by atoms with Crippen LogP contribution < -0.4 is 15.0 Å². The van der Waals surface area contributed by atoms with Crippen LogP contribution in [0.3, 0.4) is 0 Å². The first-order valence-corrected chi connectivity index (χ1v) is 15.3. The van der Waals surface area contributed by atoms with Crippen molar-refractivity contribution < 1.29 is 9.53 Å². The van der Waals surface area contributed by atoms with Gasteiger partial charge in [0.05, 0.1) is 7.11 Å². The Balaban J connectivity index is 1.33. The van der Waals surface area contributed by atoms with Crippen LogP contribution in [-0.4, -0.2) is 70.7 Å². The smallest absolute Gasteiger partial charge is 0.204 e. The number of H-pyrrole nitrogens is 1. The fraction of sp³-hybridized carbons (Fsp3) is 0.533. The molecule has 2 aliphatic heterocycles. The monoisotopic (exact) mass is 563 g/mol. The van der Waals surface area contributed by atoms with Gasteiger partial charge in [-0.3, -0.25) is 9.89 Å². The Labute approximate surface area is 241 Å². The van der Waals surface area contributed by atoms with Crippen LogP contribution in [0.25, 0.3) is 0 Å². The number of ether oxygens (including phenoxy) is 1. The predicted octanol–water partition coefficient (Wildman–Crippen LogP) is 5.64. The van der Waals surface area contributed by atoms with Crippen LogP contribution >= 0.6 is 11.8 Å². The lowest BCUT2D eigenvalue weighted by Gasteiger charge is -2.35. The molecule has 0 bridgehead atoms. The van der Waals surface area contributed by atoms with E-state index in [4.69, 9.17) is 14.7 Å². The highest BCUT2D eigenvalue weighted by Gasteiger charge is 2.26. The number of Topliss-reactive ketones (excluding diaryl/α,β-unsaturated/α-hetero) is 1. The van der Waals surface area contributed by atoms with Crippen LogP contribution in [0.2, 0.25) is 0 Å². The third-order valence-electron chi connectivity index (χ3n) is 7.79. The molecule has 10 heteroatoms. The SMILES string of the molecule is COc1c(Nc2cc(C)[nH]n2)nc(Sc2ccc(CC(C)=O)cc2)nc1N1CCC(CCN2CCCCC2)CC1. The number of anilines is 3. The summed E-state index contributed by atoms with van der Waals surface area (Å²) in [5, 5.41) is 11.3. The van der Waals surface area contributed by atoms with E-state index in [1.54, 1.807) is 14.0 Å². The van der Waals surface area contributed by atoms with E-state index in [0.29, 0.717) is 29.0 Å². The second-order valence-electron chi connectivity index (χ2n) is 11.0. The molecule has 1 aromatic carbocycles. The summed E-state index contributed by atoms with van der Waals surface area (Å²) in [4.78, 5) is 27.4. The van der Waals surface area contributed by atoms with Crippen LogP contribution in [0.4, 0.5) is 17.5 Å². The maximum Gasteiger partial charge on any atom is 0.204 e. The van der Waals surface area contributed by atoms with Crippen molar-refractivity contribution in [3.8, 4) is 5.75 Å². The number of aromatic nitrogens is 4. The summed E-state index contributed by atoms with van der Waals surface area (Å²) in [5.41, 5.74) is 1.97. The average molecular weight is 564 g/mol. The maximum absolute atomic E-state index is 11.5. The third-order valence-corrected chi connectivity index (χ3v) is 8.66. The first-order chi connectivity index (χ1) is 19.5. The van der Waals surface area contributed by atoms with E-state index in [1.807, 2.05) is 37.3 Å². The largest absolute Gasteiger partial charge is 0.490 e. The number of nitrogens with zero attached hydrogens (tertiary/aromatic N) is 5. The standard InChI is InChI=1S/C30H41N7O2S/c1-21-19-26(35-34-21)31-28-27(39-3)29(33-30(32-28)40-25-9-7-24(8-10-25)20-22(2)38)37-17-12-23(13-18-37)11-16-36-14-5-4-6-15-36/h7-10,19,23H,4-6,11-18,20H2,1-3H3,(H2,31,32,33,34,35). The first kappa shape index (κ1) is 28.4. The molecule has 214 valence electrons. The molecule has 0 saturated carbocycles. The summed E-state index contributed by atoms with van der Waals surface area (Å²) in [6.07, 6.45) is 8.12. The van der Waals surface area contributed by atoms with Crippen molar-refractivity contribution in [3.63, 3.8) is 0 Å². The molecule has 2 aromatic heterocycles. The minimum Gasteiger partial charge on any atom is -0.490 e. The summed E-state index contributed by atoms with van der Waals surface area (Å²) in [6.45, 7) is 9.23. The number of hydrogen-bond donors (Lipinski definition) is 2. The molecule has 2 fully saturated rings. The Hall–Kier alpha value is -3.11. The minimum absolute atomic E-state index is 0.156. The van der Waals surface area contributed by atoms with Crippen molar-refractivity contribution in [2.75, 3.05) is 50.1 Å². The van der Waals surface area contributed by atoms with Crippen molar-refractivity contribution in [1.82, 2.24) is 25.1 Å². The van der Waals surface area contributed by atoms with Gasteiger partial charge < -0.3 is 19.9 Å². The number of benzene rings is 1. The number of ketones is 1. The van der Waals surface area contributed by atoms with E-state index in [1.165, 1.54) is 57.1 Å². The molecule has 0 atom stereocenters. The van der Waals surface area contributed by atoms with Crippen LogP contribution in [0.15, 0.2) is 40.4 Å². The Morgan fingerprint density at radius 2 is 1.85 bits per heavy atom. The number of nitrogens with one attached hydrogen (secondary N) is 2. The number of methoxy groups -OCH3 is 1. The van der Waals surface area contributed by atoms with Crippen molar-refractivity contribution in [2.45, 2.75) is 68.8 Å². The van der Waals surface area contributed by atoms with Crippen molar-refractivity contribution >= 4 is 35.0 Å². The number of aromatic amines is 1. The summed E-state index contributed by atoms with van der Waals surface area (Å²) >= 11 is 1.50. The fourth-order valence-electron chi connectivity index (χ4n) is 5.60. The molecule has 9 nitrogen and oxygen atoms in total. The quantitative estimate of drug-likeness (QED) is 0.287. The van der Waals surface area contributed by atoms with Crippen molar-refractivity contribution in [2.24, 2.45) is 5.92 Å². The van der Waals surface area contributed by atoms with E-state index in [9.17, 15) is 4.79 Å². The zero-order valence-electron chi connectivity index (χ0n) is 23.9. The second kappa shape index (κ2) is 13.5. The lowest BCUT2D eigenvalue weighted by atomic mass is 9.93. The highest BCUT2D eigenvalue weighted by molar-refractivity contribution is 7.99. The summed E-state index contributed by atoms with van der Waals surface area (Å²) < 4.78 is 5.91. The predicted molar refractivity (Wildman–Crippen MR) is 160 cm³/mol. The van der Waals surface area contributed by atoms with Crippen LogP contribution in [0, 0.1) is 12.8 Å². The highest BCUT2D eigenvalue weighted by atomic mass is 32.2. The Morgan fingerprint density at radius 1 is 1.10 bits per heavy atom. The minimum atomic E-state index is 0.156. The molecule has 40 heavy (non-hydrogen) atoms. The van der Waals surface area contributed by atoms with Gasteiger partial charge in [0.15, 0.2) is 22.6 Å². The van der Waals surface area contributed by atoms with E-state index in [-0.39, 0.29) is 5.78 Å². The van der Waals surface area contributed by atoms with Gasteiger partial charge >= 0.3 is 0 Å². The molecule has 2 saturated heterocycles. The van der Waals surface area contributed by atoms with Gasteiger partial charge in [-0.25, -0.2) is 9.97 Å². The lowest BCUT2D eigenvalue weighted by molar-refractivity contribution is -0.116. The molecule has 3 aromatic rings. The summed E-state index contributed by atoms with van der Waals surface area (Å²) in [5.74, 6) is 3.63. The summed E-state index contributed by atoms with van der Waals surface area (Å²) in [7, 11) is 1.68. The lowest BCUT2D eigenvalue weighted by Crippen LogP contribution is -2.37. The number of carbonyl (C=O) groups is 1. The Morgan fingerprint density at radius 3 is 2.50 bits per heavy atom. The summed E-state index contributed by atoms with van der Waals surface area (Å²) in [6, 6.07) is 9.97. The number of rotatable bonds is 11. The molecule has 2 N–H and O–H groups in total. The van der Waals surface area contributed by atoms with Gasteiger partial charge in [0.25, 0.3) is 0 Å². The van der Waals surface area contributed by atoms with Gasteiger partial charge in [-0.2, -0.15) is 5.10 Å². The first-order valence-electron chi connectivity index (χ1n) is 14.5.